The van der Waals surface area contributed by atoms with Crippen LogP contribution in [0.5, 0.6) is 0 Å². The Balaban J connectivity index is 0.000000162. The SMILES string of the molecule is C1CCCCC1.CCCCc1ncc[nH]1. The van der Waals surface area contributed by atoms with E-state index in [-0.39, 0.29) is 0 Å². The van der Waals surface area contributed by atoms with E-state index in [0.717, 1.165) is 12.2 Å². The predicted octanol–water partition coefficient (Wildman–Crippen LogP) is 4.09. The molecule has 0 saturated heterocycles. The van der Waals surface area contributed by atoms with Gasteiger partial charge in [0.1, 0.15) is 5.82 Å². The number of aromatic nitrogens is 2. The van der Waals surface area contributed by atoms with Crippen LogP contribution < -0.4 is 0 Å². The molecule has 1 saturated carbocycles. The third-order valence-corrected chi connectivity index (χ3v) is 2.82. The molecule has 1 fully saturated rings. The summed E-state index contributed by atoms with van der Waals surface area (Å²) in [7, 11) is 0. The number of hydrogen-bond donors (Lipinski definition) is 1. The van der Waals surface area contributed by atoms with E-state index in [0.29, 0.717) is 0 Å². The standard InChI is InChI=1S/C7H12N2.C6H12/c1-2-3-4-7-8-5-6-9-7;1-2-4-6-5-3-1/h5-6H,2-4H2,1H3,(H,8,9);1-6H2. The number of imidazole rings is 1. The van der Waals surface area contributed by atoms with E-state index in [9.17, 15) is 0 Å². The van der Waals surface area contributed by atoms with Gasteiger partial charge in [-0.05, 0) is 6.42 Å². The van der Waals surface area contributed by atoms with Gasteiger partial charge >= 0.3 is 0 Å². The highest BCUT2D eigenvalue weighted by atomic mass is 14.9. The van der Waals surface area contributed by atoms with Crippen LogP contribution in [0.25, 0.3) is 0 Å². The molecule has 2 heteroatoms. The van der Waals surface area contributed by atoms with E-state index in [1.54, 1.807) is 6.20 Å². The lowest BCUT2D eigenvalue weighted by Crippen LogP contribution is -1.85. The molecule has 1 aromatic heterocycles. The zero-order valence-corrected chi connectivity index (χ0v) is 9.97. The number of rotatable bonds is 3. The Bertz CT molecular complexity index is 201. The lowest BCUT2D eigenvalue weighted by atomic mass is 10.0. The molecule has 0 atom stereocenters. The molecule has 0 bridgehead atoms. The summed E-state index contributed by atoms with van der Waals surface area (Å²) < 4.78 is 0. The van der Waals surface area contributed by atoms with Crippen molar-refractivity contribution in [3.63, 3.8) is 0 Å². The molecule has 1 aliphatic rings. The van der Waals surface area contributed by atoms with E-state index in [2.05, 4.69) is 16.9 Å². The first kappa shape index (κ1) is 12.3. The fourth-order valence-corrected chi connectivity index (χ4v) is 1.84. The first-order valence-electron chi connectivity index (χ1n) is 6.41. The summed E-state index contributed by atoms with van der Waals surface area (Å²) in [5, 5.41) is 0. The second-order valence-corrected chi connectivity index (χ2v) is 4.26. The lowest BCUT2D eigenvalue weighted by Gasteiger charge is -2.05. The number of hydrogen-bond acceptors (Lipinski definition) is 1. The van der Waals surface area contributed by atoms with Crippen molar-refractivity contribution in [1.82, 2.24) is 9.97 Å². The Morgan fingerprint density at radius 2 is 1.73 bits per heavy atom. The van der Waals surface area contributed by atoms with Crippen LogP contribution in [0.4, 0.5) is 0 Å². The van der Waals surface area contributed by atoms with Crippen molar-refractivity contribution in [2.75, 3.05) is 0 Å². The largest absolute Gasteiger partial charge is 0.349 e. The van der Waals surface area contributed by atoms with Crippen molar-refractivity contribution in [3.05, 3.63) is 18.2 Å². The monoisotopic (exact) mass is 208 g/mol. The molecule has 0 aromatic carbocycles. The van der Waals surface area contributed by atoms with Gasteiger partial charge in [0.2, 0.25) is 0 Å². The van der Waals surface area contributed by atoms with Crippen molar-refractivity contribution in [1.29, 1.82) is 0 Å². The van der Waals surface area contributed by atoms with Crippen molar-refractivity contribution in [2.24, 2.45) is 0 Å². The normalized spacial score (nSPS) is 15.5. The van der Waals surface area contributed by atoms with Gasteiger partial charge < -0.3 is 4.98 Å². The predicted molar refractivity (Wildman–Crippen MR) is 64.9 cm³/mol. The van der Waals surface area contributed by atoms with Crippen LogP contribution in [0.3, 0.4) is 0 Å². The highest BCUT2D eigenvalue weighted by Gasteiger charge is 1.95. The minimum absolute atomic E-state index is 1.09. The Kier molecular flexibility index (Phi) is 6.97. The Morgan fingerprint density at radius 1 is 1.13 bits per heavy atom. The number of H-pyrrole nitrogens is 1. The van der Waals surface area contributed by atoms with Crippen molar-refractivity contribution < 1.29 is 0 Å². The highest BCUT2D eigenvalue weighted by Crippen LogP contribution is 2.15. The molecule has 1 aromatic rings. The maximum absolute atomic E-state index is 4.10. The molecule has 86 valence electrons. The summed E-state index contributed by atoms with van der Waals surface area (Å²) in [5.74, 6) is 1.11. The van der Waals surface area contributed by atoms with Gasteiger partial charge in [-0.25, -0.2) is 4.98 Å². The molecule has 0 spiro atoms. The zero-order chi connectivity index (χ0) is 10.8. The Hall–Kier alpha value is -0.790. The van der Waals surface area contributed by atoms with E-state index < -0.39 is 0 Å². The van der Waals surface area contributed by atoms with Crippen molar-refractivity contribution in [3.8, 4) is 0 Å². The summed E-state index contributed by atoms with van der Waals surface area (Å²) in [6.45, 7) is 2.18. The maximum atomic E-state index is 4.10. The average Bonchev–Trinajstić information content (AvgIpc) is 2.82. The summed E-state index contributed by atoms with van der Waals surface area (Å²) in [6.07, 6.45) is 16.2. The second kappa shape index (κ2) is 8.51. The molecule has 2 nitrogen and oxygen atoms in total. The topological polar surface area (TPSA) is 28.7 Å². The smallest absolute Gasteiger partial charge is 0.105 e. The molecule has 1 N–H and O–H groups in total. The molecule has 0 radical (unpaired) electrons. The third-order valence-electron chi connectivity index (χ3n) is 2.82. The Morgan fingerprint density at radius 3 is 2.13 bits per heavy atom. The number of unbranched alkanes of at least 4 members (excludes halogenated alkanes) is 1. The summed E-state index contributed by atoms with van der Waals surface area (Å²) >= 11 is 0. The van der Waals surface area contributed by atoms with Crippen LogP contribution >= 0.6 is 0 Å². The quantitative estimate of drug-likeness (QED) is 0.796. The molecule has 0 aliphatic heterocycles. The van der Waals surface area contributed by atoms with Gasteiger partial charge in [-0.15, -0.1) is 0 Å². The fourth-order valence-electron chi connectivity index (χ4n) is 1.84. The molecule has 1 aliphatic carbocycles. The van der Waals surface area contributed by atoms with E-state index in [4.69, 9.17) is 0 Å². The van der Waals surface area contributed by atoms with Crippen LogP contribution in [0.15, 0.2) is 12.4 Å². The maximum Gasteiger partial charge on any atom is 0.105 e. The van der Waals surface area contributed by atoms with E-state index in [1.165, 1.54) is 51.4 Å². The molecule has 0 amide bonds. The van der Waals surface area contributed by atoms with Gasteiger partial charge in [0, 0.05) is 18.8 Å². The highest BCUT2D eigenvalue weighted by molar-refractivity contribution is 4.86. The van der Waals surface area contributed by atoms with Crippen molar-refractivity contribution in [2.45, 2.75) is 64.7 Å². The van der Waals surface area contributed by atoms with Gasteiger partial charge in [0.15, 0.2) is 0 Å². The van der Waals surface area contributed by atoms with Crippen LogP contribution in [0, 0.1) is 0 Å². The molecule has 0 unspecified atom stereocenters. The Labute approximate surface area is 93.5 Å². The fraction of sp³-hybridized carbons (Fsp3) is 0.769. The minimum Gasteiger partial charge on any atom is -0.349 e. The number of nitrogens with zero attached hydrogens (tertiary/aromatic N) is 1. The summed E-state index contributed by atoms with van der Waals surface area (Å²) in [5.41, 5.74) is 0. The first-order chi connectivity index (χ1) is 7.43. The first-order valence-corrected chi connectivity index (χ1v) is 6.41. The number of aryl methyl sites for hydroxylation is 1. The van der Waals surface area contributed by atoms with E-state index in [1.807, 2.05) is 6.20 Å². The van der Waals surface area contributed by atoms with E-state index >= 15 is 0 Å². The molecule has 1 heterocycles. The lowest BCUT2D eigenvalue weighted by molar-refractivity contribution is 0.504. The third kappa shape index (κ3) is 6.32. The van der Waals surface area contributed by atoms with Gasteiger partial charge in [0.05, 0.1) is 0 Å². The van der Waals surface area contributed by atoms with Crippen LogP contribution in [0.2, 0.25) is 0 Å². The summed E-state index contributed by atoms with van der Waals surface area (Å²) in [6, 6.07) is 0. The average molecular weight is 208 g/mol. The van der Waals surface area contributed by atoms with Crippen molar-refractivity contribution >= 4 is 0 Å². The molecular weight excluding hydrogens is 184 g/mol. The van der Waals surface area contributed by atoms with Gasteiger partial charge in [-0.1, -0.05) is 51.9 Å². The van der Waals surface area contributed by atoms with Gasteiger partial charge in [-0.2, -0.15) is 0 Å². The van der Waals surface area contributed by atoms with Crippen LogP contribution in [0.1, 0.15) is 64.1 Å². The van der Waals surface area contributed by atoms with Gasteiger partial charge in [0.25, 0.3) is 0 Å². The summed E-state index contributed by atoms with van der Waals surface area (Å²) in [4.78, 5) is 7.16. The minimum atomic E-state index is 1.09. The van der Waals surface area contributed by atoms with Gasteiger partial charge in [-0.3, -0.25) is 0 Å². The molecule has 15 heavy (non-hydrogen) atoms. The second-order valence-electron chi connectivity index (χ2n) is 4.26. The number of nitrogens with one attached hydrogen (secondary N) is 1. The van der Waals surface area contributed by atoms with Crippen LogP contribution in [-0.4, -0.2) is 9.97 Å². The zero-order valence-electron chi connectivity index (χ0n) is 9.97. The molecular formula is C13H24N2. The van der Waals surface area contributed by atoms with Crippen LogP contribution in [-0.2, 0) is 6.42 Å². The molecule has 2 rings (SSSR count). The number of aromatic amines is 1.